The average Bonchev–Trinajstić information content (AvgIpc) is 2.66. The summed E-state index contributed by atoms with van der Waals surface area (Å²) in [5.74, 6) is -0.628. The molecule has 1 atom stereocenters. The van der Waals surface area contributed by atoms with Gasteiger partial charge < -0.3 is 10.1 Å². The maximum absolute atomic E-state index is 13.1. The SMILES string of the molecule is O=C(NCCCN1CCO[C@@H](c2ccccc2)C1)c1cccc(F)c1. The standard InChI is InChI=1S/C20H23FN2O2/c21-18-9-4-8-17(14-18)20(24)22-10-5-11-23-12-13-25-19(15-23)16-6-2-1-3-7-16/h1-4,6-9,14,19H,5,10-13,15H2,(H,22,24)/t19-/m1/s1. The van der Waals surface area contributed by atoms with Gasteiger partial charge in [0, 0.05) is 31.7 Å². The van der Waals surface area contributed by atoms with E-state index in [1.807, 2.05) is 18.2 Å². The van der Waals surface area contributed by atoms with E-state index in [-0.39, 0.29) is 12.0 Å². The third-order valence-electron chi connectivity index (χ3n) is 4.35. The van der Waals surface area contributed by atoms with E-state index >= 15 is 0 Å². The average molecular weight is 342 g/mol. The Hall–Kier alpha value is -2.24. The number of amides is 1. The molecule has 1 amide bonds. The van der Waals surface area contributed by atoms with Crippen LogP contribution in [0.4, 0.5) is 4.39 Å². The van der Waals surface area contributed by atoms with Crippen LogP contribution >= 0.6 is 0 Å². The number of halogens is 1. The molecule has 1 aliphatic heterocycles. The van der Waals surface area contributed by atoms with Gasteiger partial charge in [-0.3, -0.25) is 9.69 Å². The monoisotopic (exact) mass is 342 g/mol. The molecule has 0 bridgehead atoms. The molecule has 132 valence electrons. The molecule has 1 aliphatic rings. The summed E-state index contributed by atoms with van der Waals surface area (Å²) in [5, 5.41) is 2.85. The molecule has 4 nitrogen and oxygen atoms in total. The number of carbonyl (C=O) groups excluding carboxylic acids is 1. The van der Waals surface area contributed by atoms with E-state index < -0.39 is 5.82 Å². The second-order valence-electron chi connectivity index (χ2n) is 6.19. The molecule has 1 fully saturated rings. The molecular weight excluding hydrogens is 319 g/mol. The minimum atomic E-state index is -0.395. The van der Waals surface area contributed by atoms with Crippen molar-refractivity contribution in [1.82, 2.24) is 10.2 Å². The third kappa shape index (κ3) is 5.11. The molecule has 0 saturated carbocycles. The summed E-state index contributed by atoms with van der Waals surface area (Å²) in [6.07, 6.45) is 0.958. The van der Waals surface area contributed by atoms with E-state index in [4.69, 9.17) is 4.74 Å². The van der Waals surface area contributed by atoms with Crippen LogP contribution in [0.25, 0.3) is 0 Å². The van der Waals surface area contributed by atoms with Gasteiger partial charge in [0.15, 0.2) is 0 Å². The van der Waals surface area contributed by atoms with Gasteiger partial charge in [0.1, 0.15) is 5.82 Å². The van der Waals surface area contributed by atoms with Crippen molar-refractivity contribution in [2.75, 3.05) is 32.8 Å². The number of morpholine rings is 1. The van der Waals surface area contributed by atoms with E-state index in [1.165, 1.54) is 17.7 Å². The van der Waals surface area contributed by atoms with Crippen molar-refractivity contribution in [2.24, 2.45) is 0 Å². The first kappa shape index (κ1) is 17.6. The van der Waals surface area contributed by atoms with Gasteiger partial charge in [-0.15, -0.1) is 0 Å². The van der Waals surface area contributed by atoms with Crippen molar-refractivity contribution in [2.45, 2.75) is 12.5 Å². The number of carbonyl (C=O) groups is 1. The predicted octanol–water partition coefficient (Wildman–Crippen LogP) is 3.02. The van der Waals surface area contributed by atoms with Crippen LogP contribution in [0.1, 0.15) is 28.4 Å². The highest BCUT2D eigenvalue weighted by atomic mass is 19.1. The molecule has 1 N–H and O–H groups in total. The fourth-order valence-corrected chi connectivity index (χ4v) is 3.01. The largest absolute Gasteiger partial charge is 0.371 e. The maximum Gasteiger partial charge on any atom is 0.251 e. The number of ether oxygens (including phenoxy) is 1. The molecule has 0 aliphatic carbocycles. The summed E-state index contributed by atoms with van der Waals surface area (Å²) in [5.41, 5.74) is 1.56. The normalized spacial score (nSPS) is 18.0. The summed E-state index contributed by atoms with van der Waals surface area (Å²) in [6, 6.07) is 16.0. The van der Waals surface area contributed by atoms with Crippen molar-refractivity contribution < 1.29 is 13.9 Å². The van der Waals surface area contributed by atoms with Gasteiger partial charge in [0.05, 0.1) is 12.7 Å². The molecule has 0 radical (unpaired) electrons. The lowest BCUT2D eigenvalue weighted by molar-refractivity contribution is -0.0301. The van der Waals surface area contributed by atoms with Crippen LogP contribution in [-0.4, -0.2) is 43.6 Å². The first-order valence-electron chi connectivity index (χ1n) is 8.65. The number of rotatable bonds is 6. The second-order valence-corrected chi connectivity index (χ2v) is 6.19. The van der Waals surface area contributed by atoms with Gasteiger partial charge >= 0.3 is 0 Å². The summed E-state index contributed by atoms with van der Waals surface area (Å²) in [7, 11) is 0. The van der Waals surface area contributed by atoms with Crippen LogP contribution in [0.2, 0.25) is 0 Å². The molecule has 0 spiro atoms. The van der Waals surface area contributed by atoms with Crippen molar-refractivity contribution in [3.8, 4) is 0 Å². The topological polar surface area (TPSA) is 41.6 Å². The fourth-order valence-electron chi connectivity index (χ4n) is 3.01. The first-order valence-corrected chi connectivity index (χ1v) is 8.65. The Bertz CT molecular complexity index is 693. The number of hydrogen-bond donors (Lipinski definition) is 1. The Morgan fingerprint density at radius 2 is 2.04 bits per heavy atom. The van der Waals surface area contributed by atoms with Gasteiger partial charge in [0.25, 0.3) is 5.91 Å². The lowest BCUT2D eigenvalue weighted by Crippen LogP contribution is -2.39. The van der Waals surface area contributed by atoms with Crippen molar-refractivity contribution in [3.05, 3.63) is 71.5 Å². The zero-order valence-electron chi connectivity index (χ0n) is 14.2. The summed E-state index contributed by atoms with van der Waals surface area (Å²) in [4.78, 5) is 14.3. The summed E-state index contributed by atoms with van der Waals surface area (Å²) >= 11 is 0. The number of nitrogens with zero attached hydrogens (tertiary/aromatic N) is 1. The zero-order chi connectivity index (χ0) is 17.5. The fraction of sp³-hybridized carbons (Fsp3) is 0.350. The third-order valence-corrected chi connectivity index (χ3v) is 4.35. The van der Waals surface area contributed by atoms with Gasteiger partial charge in [-0.25, -0.2) is 4.39 Å². The molecule has 0 aromatic heterocycles. The van der Waals surface area contributed by atoms with E-state index in [2.05, 4.69) is 22.3 Å². The van der Waals surface area contributed by atoms with Crippen molar-refractivity contribution in [3.63, 3.8) is 0 Å². The highest BCUT2D eigenvalue weighted by molar-refractivity contribution is 5.94. The van der Waals surface area contributed by atoms with E-state index in [0.717, 1.165) is 32.7 Å². The van der Waals surface area contributed by atoms with E-state index in [0.29, 0.717) is 12.1 Å². The highest BCUT2D eigenvalue weighted by Gasteiger charge is 2.21. The van der Waals surface area contributed by atoms with Crippen LogP contribution in [0.15, 0.2) is 54.6 Å². The second kappa shape index (κ2) is 8.74. The number of benzene rings is 2. The molecule has 5 heteroatoms. The van der Waals surface area contributed by atoms with Gasteiger partial charge in [-0.05, 0) is 30.2 Å². The summed E-state index contributed by atoms with van der Waals surface area (Å²) in [6.45, 7) is 3.96. The lowest BCUT2D eigenvalue weighted by atomic mass is 10.1. The molecule has 1 heterocycles. The summed E-state index contributed by atoms with van der Waals surface area (Å²) < 4.78 is 19.0. The predicted molar refractivity (Wildman–Crippen MR) is 94.9 cm³/mol. The molecule has 2 aromatic rings. The van der Waals surface area contributed by atoms with Crippen LogP contribution in [0.5, 0.6) is 0 Å². The molecule has 1 saturated heterocycles. The van der Waals surface area contributed by atoms with Crippen molar-refractivity contribution >= 4 is 5.91 Å². The van der Waals surface area contributed by atoms with Crippen molar-refractivity contribution in [1.29, 1.82) is 0 Å². The number of hydrogen-bond acceptors (Lipinski definition) is 3. The Morgan fingerprint density at radius 3 is 2.84 bits per heavy atom. The van der Waals surface area contributed by atoms with Gasteiger partial charge in [-0.2, -0.15) is 0 Å². The Morgan fingerprint density at radius 1 is 1.20 bits per heavy atom. The van der Waals surface area contributed by atoms with Gasteiger partial charge in [-0.1, -0.05) is 36.4 Å². The Balaban J connectivity index is 1.41. The molecule has 3 rings (SSSR count). The number of nitrogens with one attached hydrogen (secondary N) is 1. The van der Waals surface area contributed by atoms with E-state index in [1.54, 1.807) is 12.1 Å². The van der Waals surface area contributed by atoms with Crippen LogP contribution in [0, 0.1) is 5.82 Å². The quantitative estimate of drug-likeness (QED) is 0.821. The van der Waals surface area contributed by atoms with Crippen LogP contribution in [-0.2, 0) is 4.74 Å². The zero-order valence-corrected chi connectivity index (χ0v) is 14.2. The Labute approximate surface area is 147 Å². The minimum absolute atomic E-state index is 0.108. The molecular formula is C20H23FN2O2. The van der Waals surface area contributed by atoms with Gasteiger partial charge in [0.2, 0.25) is 0 Å². The van der Waals surface area contributed by atoms with Crippen LogP contribution < -0.4 is 5.32 Å². The smallest absolute Gasteiger partial charge is 0.251 e. The highest BCUT2D eigenvalue weighted by Crippen LogP contribution is 2.21. The maximum atomic E-state index is 13.1. The lowest BCUT2D eigenvalue weighted by Gasteiger charge is -2.33. The molecule has 25 heavy (non-hydrogen) atoms. The molecule has 2 aromatic carbocycles. The minimum Gasteiger partial charge on any atom is -0.371 e. The Kier molecular flexibility index (Phi) is 6.14. The molecule has 0 unspecified atom stereocenters. The first-order chi connectivity index (χ1) is 12.2. The van der Waals surface area contributed by atoms with E-state index in [9.17, 15) is 9.18 Å². The van der Waals surface area contributed by atoms with Crippen LogP contribution in [0.3, 0.4) is 0 Å².